The Morgan fingerprint density at radius 1 is 1.33 bits per heavy atom. The molecule has 3 heteroatoms. The molecule has 1 unspecified atom stereocenters. The highest BCUT2D eigenvalue weighted by atomic mass is 16.5. The highest BCUT2D eigenvalue weighted by Gasteiger charge is 2.21. The van der Waals surface area contributed by atoms with Crippen LogP contribution < -0.4 is 4.90 Å². The first-order valence-electron chi connectivity index (χ1n) is 6.88. The number of morpholine rings is 1. The first-order valence-corrected chi connectivity index (χ1v) is 6.88. The molecule has 1 heterocycles. The maximum atomic E-state index is 9.80. The molecule has 0 amide bonds. The molecular weight excluding hydrogens is 226 g/mol. The molecule has 2 atom stereocenters. The van der Waals surface area contributed by atoms with Crippen LogP contribution in [0.3, 0.4) is 0 Å². The summed E-state index contributed by atoms with van der Waals surface area (Å²) in [6, 6.07) is 8.77. The van der Waals surface area contributed by atoms with Crippen molar-refractivity contribution in [1.29, 1.82) is 0 Å². The van der Waals surface area contributed by atoms with Crippen molar-refractivity contribution >= 4 is 5.69 Å². The number of hydrogen-bond acceptors (Lipinski definition) is 3. The van der Waals surface area contributed by atoms with E-state index in [2.05, 4.69) is 24.0 Å². The molecule has 1 saturated heterocycles. The quantitative estimate of drug-likeness (QED) is 0.890. The monoisotopic (exact) mass is 249 g/mol. The molecule has 0 spiro atoms. The summed E-state index contributed by atoms with van der Waals surface area (Å²) in [6.45, 7) is 6.76. The Balaban J connectivity index is 2.12. The van der Waals surface area contributed by atoms with Crippen LogP contribution in [0.25, 0.3) is 0 Å². The standard InChI is InChI=1S/C15H23NO2/c1-3-13-11-18-10-9-16(13)14-7-5-12(6-8-14)15(17)4-2/h5-8,13,15,17H,3-4,9-11H2,1-2H3/t13?,15-/m0/s1. The summed E-state index contributed by atoms with van der Waals surface area (Å²) >= 11 is 0. The molecule has 0 radical (unpaired) electrons. The van der Waals surface area contributed by atoms with Gasteiger partial charge in [0.1, 0.15) is 0 Å². The van der Waals surface area contributed by atoms with E-state index >= 15 is 0 Å². The van der Waals surface area contributed by atoms with E-state index in [9.17, 15) is 5.11 Å². The van der Waals surface area contributed by atoms with Crippen LogP contribution in [-0.4, -0.2) is 30.9 Å². The lowest BCUT2D eigenvalue weighted by Gasteiger charge is -2.37. The molecule has 1 aromatic rings. The van der Waals surface area contributed by atoms with E-state index in [0.717, 1.165) is 38.2 Å². The van der Waals surface area contributed by atoms with E-state index in [-0.39, 0.29) is 6.10 Å². The average Bonchev–Trinajstić information content (AvgIpc) is 2.46. The summed E-state index contributed by atoms with van der Waals surface area (Å²) in [5.41, 5.74) is 2.24. The van der Waals surface area contributed by atoms with Gasteiger partial charge in [0.25, 0.3) is 0 Å². The Kier molecular flexibility index (Phi) is 4.61. The SMILES string of the molecule is CCC1COCCN1c1ccc([C@@H](O)CC)cc1. The fourth-order valence-corrected chi connectivity index (χ4v) is 2.46. The second-order valence-electron chi connectivity index (χ2n) is 4.85. The predicted octanol–water partition coefficient (Wildman–Crippen LogP) is 2.75. The topological polar surface area (TPSA) is 32.7 Å². The highest BCUT2D eigenvalue weighted by Crippen LogP contribution is 2.24. The van der Waals surface area contributed by atoms with Crippen molar-refractivity contribution in [1.82, 2.24) is 0 Å². The normalized spacial score (nSPS) is 21.9. The molecule has 18 heavy (non-hydrogen) atoms. The van der Waals surface area contributed by atoms with Gasteiger partial charge < -0.3 is 14.7 Å². The van der Waals surface area contributed by atoms with Gasteiger partial charge in [0.2, 0.25) is 0 Å². The third-order valence-electron chi connectivity index (χ3n) is 3.69. The van der Waals surface area contributed by atoms with Gasteiger partial charge in [0.05, 0.1) is 25.4 Å². The molecule has 1 N–H and O–H groups in total. The van der Waals surface area contributed by atoms with Gasteiger partial charge in [-0.05, 0) is 30.5 Å². The van der Waals surface area contributed by atoms with Gasteiger partial charge in [-0.2, -0.15) is 0 Å². The molecule has 2 rings (SSSR count). The molecule has 1 fully saturated rings. The van der Waals surface area contributed by atoms with Crippen molar-refractivity contribution in [2.45, 2.75) is 38.8 Å². The van der Waals surface area contributed by atoms with Crippen molar-refractivity contribution < 1.29 is 9.84 Å². The first-order chi connectivity index (χ1) is 8.76. The van der Waals surface area contributed by atoms with E-state index in [4.69, 9.17) is 4.74 Å². The van der Waals surface area contributed by atoms with E-state index in [1.54, 1.807) is 0 Å². The second kappa shape index (κ2) is 6.21. The van der Waals surface area contributed by atoms with Crippen LogP contribution in [0.15, 0.2) is 24.3 Å². The van der Waals surface area contributed by atoms with Crippen LogP contribution in [0, 0.1) is 0 Å². The Morgan fingerprint density at radius 2 is 2.06 bits per heavy atom. The van der Waals surface area contributed by atoms with Gasteiger partial charge in [-0.15, -0.1) is 0 Å². The van der Waals surface area contributed by atoms with Crippen molar-refractivity contribution in [3.8, 4) is 0 Å². The average molecular weight is 249 g/mol. The molecule has 3 nitrogen and oxygen atoms in total. The Morgan fingerprint density at radius 3 is 2.67 bits per heavy atom. The Hall–Kier alpha value is -1.06. The van der Waals surface area contributed by atoms with Crippen molar-refractivity contribution in [3.05, 3.63) is 29.8 Å². The molecule has 0 saturated carbocycles. The van der Waals surface area contributed by atoms with Crippen LogP contribution in [0.1, 0.15) is 38.4 Å². The Labute approximate surface area is 109 Å². The van der Waals surface area contributed by atoms with Gasteiger partial charge in [-0.1, -0.05) is 26.0 Å². The number of hydrogen-bond donors (Lipinski definition) is 1. The van der Waals surface area contributed by atoms with Gasteiger partial charge in [-0.3, -0.25) is 0 Å². The van der Waals surface area contributed by atoms with E-state index < -0.39 is 0 Å². The summed E-state index contributed by atoms with van der Waals surface area (Å²) in [7, 11) is 0. The smallest absolute Gasteiger partial charge is 0.0787 e. The predicted molar refractivity (Wildman–Crippen MR) is 73.9 cm³/mol. The molecule has 0 aromatic heterocycles. The van der Waals surface area contributed by atoms with Gasteiger partial charge >= 0.3 is 0 Å². The number of nitrogens with zero attached hydrogens (tertiary/aromatic N) is 1. The van der Waals surface area contributed by atoms with Crippen molar-refractivity contribution in [2.24, 2.45) is 0 Å². The number of ether oxygens (including phenoxy) is 1. The number of rotatable bonds is 4. The fourth-order valence-electron chi connectivity index (χ4n) is 2.46. The lowest BCUT2D eigenvalue weighted by Crippen LogP contribution is -2.45. The second-order valence-corrected chi connectivity index (χ2v) is 4.85. The maximum Gasteiger partial charge on any atom is 0.0787 e. The lowest BCUT2D eigenvalue weighted by atomic mass is 10.1. The summed E-state index contributed by atoms with van der Waals surface area (Å²) in [5.74, 6) is 0. The molecule has 0 bridgehead atoms. The minimum absolute atomic E-state index is 0.342. The summed E-state index contributed by atoms with van der Waals surface area (Å²) in [6.07, 6.45) is 1.51. The van der Waals surface area contributed by atoms with E-state index in [1.165, 1.54) is 5.69 Å². The number of anilines is 1. The summed E-state index contributed by atoms with van der Waals surface area (Å²) in [4.78, 5) is 2.41. The van der Waals surface area contributed by atoms with Crippen LogP contribution in [-0.2, 0) is 4.74 Å². The molecule has 0 aliphatic carbocycles. The Bertz CT molecular complexity index is 363. The fraction of sp³-hybridized carbons (Fsp3) is 0.600. The minimum Gasteiger partial charge on any atom is -0.388 e. The van der Waals surface area contributed by atoms with Crippen LogP contribution in [0.2, 0.25) is 0 Å². The van der Waals surface area contributed by atoms with Crippen LogP contribution in [0.4, 0.5) is 5.69 Å². The minimum atomic E-state index is -0.342. The third kappa shape index (κ3) is 2.85. The summed E-state index contributed by atoms with van der Waals surface area (Å²) in [5, 5.41) is 9.80. The number of aliphatic hydroxyl groups is 1. The zero-order chi connectivity index (χ0) is 13.0. The van der Waals surface area contributed by atoms with E-state index in [0.29, 0.717) is 6.04 Å². The maximum absolute atomic E-state index is 9.80. The van der Waals surface area contributed by atoms with Crippen LogP contribution in [0.5, 0.6) is 0 Å². The largest absolute Gasteiger partial charge is 0.388 e. The molecule has 1 aromatic carbocycles. The van der Waals surface area contributed by atoms with Gasteiger partial charge in [0.15, 0.2) is 0 Å². The lowest BCUT2D eigenvalue weighted by molar-refractivity contribution is 0.0930. The third-order valence-corrected chi connectivity index (χ3v) is 3.69. The summed E-state index contributed by atoms with van der Waals surface area (Å²) < 4.78 is 5.52. The van der Waals surface area contributed by atoms with Crippen LogP contribution >= 0.6 is 0 Å². The van der Waals surface area contributed by atoms with E-state index in [1.807, 2.05) is 19.1 Å². The number of aliphatic hydroxyl groups excluding tert-OH is 1. The zero-order valence-electron chi connectivity index (χ0n) is 11.3. The number of benzene rings is 1. The zero-order valence-corrected chi connectivity index (χ0v) is 11.3. The van der Waals surface area contributed by atoms with Crippen molar-refractivity contribution in [3.63, 3.8) is 0 Å². The van der Waals surface area contributed by atoms with Crippen molar-refractivity contribution in [2.75, 3.05) is 24.7 Å². The first kappa shape index (κ1) is 13.4. The van der Waals surface area contributed by atoms with Gasteiger partial charge in [0, 0.05) is 12.2 Å². The molecule has 1 aliphatic heterocycles. The molecule has 100 valence electrons. The highest BCUT2D eigenvalue weighted by molar-refractivity contribution is 5.49. The van der Waals surface area contributed by atoms with Gasteiger partial charge in [-0.25, -0.2) is 0 Å². The molecular formula is C15H23NO2. The molecule has 1 aliphatic rings.